The summed E-state index contributed by atoms with van der Waals surface area (Å²) in [4.78, 5) is 14.1. The second-order valence-electron chi connectivity index (χ2n) is 4.90. The summed E-state index contributed by atoms with van der Waals surface area (Å²) in [6, 6.07) is 5.59. The SMILES string of the molecule is CC(C)C(=O)Nc1cc(Cl)ccc1N1CCOCC1. The van der Waals surface area contributed by atoms with E-state index in [-0.39, 0.29) is 11.8 Å². The van der Waals surface area contributed by atoms with Gasteiger partial charge in [0.1, 0.15) is 0 Å². The lowest BCUT2D eigenvalue weighted by Crippen LogP contribution is -2.36. The number of amides is 1. The number of hydrogen-bond donors (Lipinski definition) is 1. The molecule has 1 N–H and O–H groups in total. The Bertz CT molecular complexity index is 457. The second-order valence-corrected chi connectivity index (χ2v) is 5.34. The van der Waals surface area contributed by atoms with Crippen LogP contribution in [0.15, 0.2) is 18.2 Å². The van der Waals surface area contributed by atoms with Crippen LogP contribution >= 0.6 is 11.6 Å². The number of hydrogen-bond acceptors (Lipinski definition) is 3. The Labute approximate surface area is 118 Å². The Morgan fingerprint density at radius 1 is 1.37 bits per heavy atom. The number of carbonyl (C=O) groups is 1. The number of ether oxygens (including phenoxy) is 1. The zero-order valence-corrected chi connectivity index (χ0v) is 12.0. The van der Waals surface area contributed by atoms with Gasteiger partial charge in [0.15, 0.2) is 0 Å². The summed E-state index contributed by atoms with van der Waals surface area (Å²) in [5.74, 6) is -0.0618. The Morgan fingerprint density at radius 2 is 2.05 bits per heavy atom. The van der Waals surface area contributed by atoms with E-state index in [4.69, 9.17) is 16.3 Å². The number of carbonyl (C=O) groups excluding carboxylic acids is 1. The smallest absolute Gasteiger partial charge is 0.226 e. The third kappa shape index (κ3) is 3.61. The standard InChI is InChI=1S/C14H19ClN2O2/c1-10(2)14(18)16-12-9-11(15)3-4-13(12)17-5-7-19-8-6-17/h3-4,9-10H,5-8H2,1-2H3,(H,16,18). The van der Waals surface area contributed by atoms with E-state index in [0.29, 0.717) is 18.2 Å². The molecule has 0 aliphatic carbocycles. The van der Waals surface area contributed by atoms with Gasteiger partial charge >= 0.3 is 0 Å². The van der Waals surface area contributed by atoms with Crippen molar-refractivity contribution in [2.45, 2.75) is 13.8 Å². The molecule has 1 amide bonds. The largest absolute Gasteiger partial charge is 0.378 e. The number of benzene rings is 1. The van der Waals surface area contributed by atoms with E-state index in [1.54, 1.807) is 6.07 Å². The highest BCUT2D eigenvalue weighted by atomic mass is 35.5. The van der Waals surface area contributed by atoms with Crippen molar-refractivity contribution in [2.75, 3.05) is 36.5 Å². The van der Waals surface area contributed by atoms with Crippen LogP contribution in [-0.2, 0) is 9.53 Å². The number of rotatable bonds is 3. The predicted octanol–water partition coefficient (Wildman–Crippen LogP) is 2.77. The molecular weight excluding hydrogens is 264 g/mol. The van der Waals surface area contributed by atoms with Crippen molar-refractivity contribution in [3.63, 3.8) is 0 Å². The molecule has 4 nitrogen and oxygen atoms in total. The number of halogens is 1. The summed E-state index contributed by atoms with van der Waals surface area (Å²) < 4.78 is 5.35. The van der Waals surface area contributed by atoms with Gasteiger partial charge in [0.05, 0.1) is 24.6 Å². The van der Waals surface area contributed by atoms with Crippen LogP contribution in [-0.4, -0.2) is 32.2 Å². The fraction of sp³-hybridized carbons (Fsp3) is 0.500. The van der Waals surface area contributed by atoms with Gasteiger partial charge in [-0.15, -0.1) is 0 Å². The van der Waals surface area contributed by atoms with Crippen molar-refractivity contribution in [3.8, 4) is 0 Å². The Kier molecular flexibility index (Phi) is 4.66. The van der Waals surface area contributed by atoms with E-state index in [0.717, 1.165) is 24.5 Å². The fourth-order valence-electron chi connectivity index (χ4n) is 1.97. The Balaban J connectivity index is 2.24. The number of nitrogens with zero attached hydrogens (tertiary/aromatic N) is 1. The Morgan fingerprint density at radius 3 is 2.68 bits per heavy atom. The molecule has 0 atom stereocenters. The summed E-state index contributed by atoms with van der Waals surface area (Å²) in [7, 11) is 0. The first-order chi connectivity index (χ1) is 9.08. The van der Waals surface area contributed by atoms with Gasteiger partial charge in [-0.05, 0) is 18.2 Å². The van der Waals surface area contributed by atoms with Crippen LogP contribution < -0.4 is 10.2 Å². The van der Waals surface area contributed by atoms with Crippen LogP contribution in [0.5, 0.6) is 0 Å². The Hall–Kier alpha value is -1.26. The molecule has 19 heavy (non-hydrogen) atoms. The summed E-state index contributed by atoms with van der Waals surface area (Å²) in [6.07, 6.45) is 0. The zero-order chi connectivity index (χ0) is 13.8. The highest BCUT2D eigenvalue weighted by Gasteiger charge is 2.17. The van der Waals surface area contributed by atoms with E-state index < -0.39 is 0 Å². The van der Waals surface area contributed by atoms with Crippen molar-refractivity contribution < 1.29 is 9.53 Å². The van der Waals surface area contributed by atoms with E-state index in [1.807, 2.05) is 26.0 Å². The third-order valence-corrected chi connectivity index (χ3v) is 3.33. The molecule has 1 aromatic rings. The molecule has 0 bridgehead atoms. The van der Waals surface area contributed by atoms with Crippen LogP contribution in [0.1, 0.15) is 13.8 Å². The molecule has 2 rings (SSSR count). The average Bonchev–Trinajstić information content (AvgIpc) is 2.39. The summed E-state index contributed by atoms with van der Waals surface area (Å²) in [5.41, 5.74) is 1.77. The highest BCUT2D eigenvalue weighted by Crippen LogP contribution is 2.30. The molecule has 0 unspecified atom stereocenters. The molecule has 0 saturated carbocycles. The molecular formula is C14H19ClN2O2. The maximum absolute atomic E-state index is 11.9. The molecule has 1 fully saturated rings. The van der Waals surface area contributed by atoms with Crippen LogP contribution in [0.2, 0.25) is 5.02 Å². The zero-order valence-electron chi connectivity index (χ0n) is 11.3. The molecule has 0 aromatic heterocycles. The molecule has 0 spiro atoms. The van der Waals surface area contributed by atoms with Gasteiger partial charge in [0, 0.05) is 24.0 Å². The second kappa shape index (κ2) is 6.26. The van der Waals surface area contributed by atoms with Crippen LogP contribution in [0.25, 0.3) is 0 Å². The van der Waals surface area contributed by atoms with Gasteiger partial charge in [-0.2, -0.15) is 0 Å². The minimum atomic E-state index is -0.0588. The topological polar surface area (TPSA) is 41.6 Å². The van der Waals surface area contributed by atoms with Crippen LogP contribution in [0.3, 0.4) is 0 Å². The van der Waals surface area contributed by atoms with Crippen LogP contribution in [0, 0.1) is 5.92 Å². The minimum Gasteiger partial charge on any atom is -0.378 e. The normalized spacial score (nSPS) is 15.7. The van der Waals surface area contributed by atoms with E-state index >= 15 is 0 Å². The molecule has 1 aromatic carbocycles. The first-order valence-corrected chi connectivity index (χ1v) is 6.89. The summed E-state index contributed by atoms with van der Waals surface area (Å²) in [5, 5.41) is 3.56. The first kappa shape index (κ1) is 14.2. The van der Waals surface area contributed by atoms with E-state index in [9.17, 15) is 4.79 Å². The molecule has 1 saturated heterocycles. The van der Waals surface area contributed by atoms with E-state index in [1.165, 1.54) is 0 Å². The summed E-state index contributed by atoms with van der Waals surface area (Å²) in [6.45, 7) is 6.81. The molecule has 104 valence electrons. The van der Waals surface area contributed by atoms with Crippen molar-refractivity contribution in [3.05, 3.63) is 23.2 Å². The molecule has 5 heteroatoms. The van der Waals surface area contributed by atoms with Crippen molar-refractivity contribution in [1.82, 2.24) is 0 Å². The van der Waals surface area contributed by atoms with Gasteiger partial charge in [-0.1, -0.05) is 25.4 Å². The van der Waals surface area contributed by atoms with Crippen molar-refractivity contribution in [2.24, 2.45) is 5.92 Å². The number of nitrogens with one attached hydrogen (secondary N) is 1. The van der Waals surface area contributed by atoms with Gasteiger partial charge in [-0.3, -0.25) is 4.79 Å². The van der Waals surface area contributed by atoms with Gasteiger partial charge in [0.2, 0.25) is 5.91 Å². The molecule has 1 aliphatic heterocycles. The van der Waals surface area contributed by atoms with Crippen molar-refractivity contribution >= 4 is 28.9 Å². The molecule has 1 aliphatic rings. The third-order valence-electron chi connectivity index (χ3n) is 3.09. The van der Waals surface area contributed by atoms with Crippen LogP contribution in [0.4, 0.5) is 11.4 Å². The summed E-state index contributed by atoms with van der Waals surface area (Å²) >= 11 is 6.02. The number of anilines is 2. The first-order valence-electron chi connectivity index (χ1n) is 6.51. The molecule has 0 radical (unpaired) electrons. The lowest BCUT2D eigenvalue weighted by Gasteiger charge is -2.30. The average molecular weight is 283 g/mol. The minimum absolute atomic E-state index is 0.00299. The number of morpholine rings is 1. The van der Waals surface area contributed by atoms with E-state index in [2.05, 4.69) is 10.2 Å². The quantitative estimate of drug-likeness (QED) is 0.927. The lowest BCUT2D eigenvalue weighted by atomic mass is 10.2. The van der Waals surface area contributed by atoms with Crippen molar-refractivity contribution in [1.29, 1.82) is 0 Å². The monoisotopic (exact) mass is 282 g/mol. The maximum Gasteiger partial charge on any atom is 0.226 e. The lowest BCUT2D eigenvalue weighted by molar-refractivity contribution is -0.118. The molecule has 1 heterocycles. The van der Waals surface area contributed by atoms with Gasteiger partial charge in [0.25, 0.3) is 0 Å². The fourth-order valence-corrected chi connectivity index (χ4v) is 2.14. The van der Waals surface area contributed by atoms with Gasteiger partial charge < -0.3 is 15.0 Å². The van der Waals surface area contributed by atoms with Gasteiger partial charge in [-0.25, -0.2) is 0 Å². The highest BCUT2D eigenvalue weighted by molar-refractivity contribution is 6.31. The predicted molar refractivity (Wildman–Crippen MR) is 78.0 cm³/mol. The maximum atomic E-state index is 11.9.